The van der Waals surface area contributed by atoms with Crippen molar-refractivity contribution in [3.8, 4) is 0 Å². The van der Waals surface area contributed by atoms with Crippen LogP contribution in [0.25, 0.3) is 0 Å². The summed E-state index contributed by atoms with van der Waals surface area (Å²) < 4.78 is 14.9. The SMILES string of the molecule is COC(=O)NC(CN1CN(C(=O)OC(C)(C)C)CC1C(=O)OC)C(C)C. The quantitative estimate of drug-likeness (QED) is 0.575. The molecule has 1 fully saturated rings. The van der Waals surface area contributed by atoms with Gasteiger partial charge in [0, 0.05) is 12.6 Å². The number of methoxy groups -OCH3 is 2. The zero-order chi connectivity index (χ0) is 20.1. The van der Waals surface area contributed by atoms with Crippen LogP contribution in [0.2, 0.25) is 0 Å². The monoisotopic (exact) mass is 373 g/mol. The highest BCUT2D eigenvalue weighted by Gasteiger charge is 2.41. The molecule has 0 saturated carbocycles. The summed E-state index contributed by atoms with van der Waals surface area (Å²) in [5.74, 6) is -0.334. The number of rotatable bonds is 5. The van der Waals surface area contributed by atoms with Crippen LogP contribution in [0.5, 0.6) is 0 Å². The van der Waals surface area contributed by atoms with Gasteiger partial charge in [-0.2, -0.15) is 0 Å². The van der Waals surface area contributed by atoms with E-state index in [-0.39, 0.29) is 25.2 Å². The fraction of sp³-hybridized carbons (Fsp3) is 0.824. The van der Waals surface area contributed by atoms with Gasteiger partial charge in [-0.15, -0.1) is 0 Å². The highest BCUT2D eigenvalue weighted by Crippen LogP contribution is 2.20. The van der Waals surface area contributed by atoms with Crippen molar-refractivity contribution in [2.45, 2.75) is 52.3 Å². The van der Waals surface area contributed by atoms with Crippen molar-refractivity contribution in [2.24, 2.45) is 5.92 Å². The number of carbonyl (C=O) groups excluding carboxylic acids is 3. The second-order valence-electron chi connectivity index (χ2n) is 7.64. The van der Waals surface area contributed by atoms with E-state index in [0.29, 0.717) is 6.54 Å². The third-order valence-electron chi connectivity index (χ3n) is 4.04. The lowest BCUT2D eigenvalue weighted by Crippen LogP contribution is -2.50. The van der Waals surface area contributed by atoms with Gasteiger partial charge in [0.2, 0.25) is 0 Å². The molecule has 0 aromatic rings. The average molecular weight is 373 g/mol. The Balaban J connectivity index is 2.89. The fourth-order valence-corrected chi connectivity index (χ4v) is 2.59. The molecule has 0 aromatic carbocycles. The van der Waals surface area contributed by atoms with Gasteiger partial charge < -0.3 is 19.5 Å². The summed E-state index contributed by atoms with van der Waals surface area (Å²) in [6, 6.07) is -0.874. The Morgan fingerprint density at radius 1 is 1.15 bits per heavy atom. The summed E-state index contributed by atoms with van der Waals surface area (Å²) >= 11 is 0. The van der Waals surface area contributed by atoms with Gasteiger partial charge in [0.15, 0.2) is 0 Å². The molecular weight excluding hydrogens is 342 g/mol. The molecule has 2 amide bonds. The molecule has 0 bridgehead atoms. The Morgan fingerprint density at radius 3 is 2.23 bits per heavy atom. The van der Waals surface area contributed by atoms with Crippen LogP contribution >= 0.6 is 0 Å². The second kappa shape index (κ2) is 9.07. The Labute approximate surface area is 154 Å². The van der Waals surface area contributed by atoms with Crippen LogP contribution in [0.15, 0.2) is 0 Å². The van der Waals surface area contributed by atoms with E-state index in [0.717, 1.165) is 0 Å². The summed E-state index contributed by atoms with van der Waals surface area (Å²) in [6.07, 6.45) is -1.03. The summed E-state index contributed by atoms with van der Waals surface area (Å²) in [5.41, 5.74) is -0.627. The number of alkyl carbamates (subject to hydrolysis) is 1. The van der Waals surface area contributed by atoms with E-state index in [4.69, 9.17) is 9.47 Å². The van der Waals surface area contributed by atoms with Gasteiger partial charge in [0.1, 0.15) is 11.6 Å². The molecule has 9 heteroatoms. The predicted molar refractivity (Wildman–Crippen MR) is 94.5 cm³/mol. The molecule has 0 spiro atoms. The minimum absolute atomic E-state index is 0.1000. The molecule has 2 unspecified atom stereocenters. The van der Waals surface area contributed by atoms with Crippen molar-refractivity contribution in [3.05, 3.63) is 0 Å². The standard InChI is InChI=1S/C17H31N3O6/c1-11(2)12(18-15(22)25-7)8-19-10-20(9-13(19)14(21)24-6)16(23)26-17(3,4)5/h11-13H,8-10H2,1-7H3,(H,18,22). The maximum atomic E-state index is 12.3. The van der Waals surface area contributed by atoms with Gasteiger partial charge in [-0.05, 0) is 26.7 Å². The molecule has 1 rings (SSSR count). The second-order valence-corrected chi connectivity index (χ2v) is 7.64. The average Bonchev–Trinajstić information content (AvgIpc) is 2.95. The van der Waals surface area contributed by atoms with Crippen molar-refractivity contribution < 1.29 is 28.6 Å². The summed E-state index contributed by atoms with van der Waals surface area (Å²) in [4.78, 5) is 39.3. The molecule has 1 saturated heterocycles. The van der Waals surface area contributed by atoms with Crippen LogP contribution in [0.1, 0.15) is 34.6 Å². The molecule has 150 valence electrons. The van der Waals surface area contributed by atoms with Crippen LogP contribution in [-0.4, -0.2) is 79.6 Å². The third-order valence-corrected chi connectivity index (χ3v) is 4.04. The lowest BCUT2D eigenvalue weighted by atomic mass is 10.0. The van der Waals surface area contributed by atoms with E-state index in [2.05, 4.69) is 10.1 Å². The molecule has 1 heterocycles. The first kappa shape index (κ1) is 22.0. The van der Waals surface area contributed by atoms with E-state index in [9.17, 15) is 14.4 Å². The zero-order valence-electron chi connectivity index (χ0n) is 16.7. The van der Waals surface area contributed by atoms with Crippen molar-refractivity contribution in [2.75, 3.05) is 34.0 Å². The van der Waals surface area contributed by atoms with Crippen molar-refractivity contribution in [3.63, 3.8) is 0 Å². The minimum atomic E-state index is -0.627. The molecular formula is C17H31N3O6. The first-order valence-electron chi connectivity index (χ1n) is 8.62. The van der Waals surface area contributed by atoms with Gasteiger partial charge in [-0.3, -0.25) is 14.6 Å². The molecule has 0 radical (unpaired) electrons. The van der Waals surface area contributed by atoms with E-state index < -0.39 is 29.8 Å². The first-order valence-corrected chi connectivity index (χ1v) is 8.62. The highest BCUT2D eigenvalue weighted by molar-refractivity contribution is 5.78. The molecule has 2 atom stereocenters. The maximum Gasteiger partial charge on any atom is 0.411 e. The van der Waals surface area contributed by atoms with Crippen LogP contribution < -0.4 is 5.32 Å². The summed E-state index contributed by atoms with van der Waals surface area (Å²) in [7, 11) is 2.60. The zero-order valence-corrected chi connectivity index (χ0v) is 16.7. The molecule has 1 aliphatic rings. The van der Waals surface area contributed by atoms with E-state index in [1.807, 2.05) is 13.8 Å². The minimum Gasteiger partial charge on any atom is -0.468 e. The van der Waals surface area contributed by atoms with E-state index in [1.54, 1.807) is 25.7 Å². The topological polar surface area (TPSA) is 97.4 Å². The van der Waals surface area contributed by atoms with Gasteiger partial charge in [0.25, 0.3) is 0 Å². The van der Waals surface area contributed by atoms with Crippen molar-refractivity contribution >= 4 is 18.2 Å². The maximum absolute atomic E-state index is 12.3. The van der Waals surface area contributed by atoms with Crippen LogP contribution in [0.3, 0.4) is 0 Å². The van der Waals surface area contributed by atoms with E-state index >= 15 is 0 Å². The Bertz CT molecular complexity index is 517. The van der Waals surface area contributed by atoms with Gasteiger partial charge >= 0.3 is 18.2 Å². The van der Waals surface area contributed by atoms with Gasteiger partial charge in [-0.25, -0.2) is 9.59 Å². The van der Waals surface area contributed by atoms with Gasteiger partial charge in [0.05, 0.1) is 27.4 Å². The van der Waals surface area contributed by atoms with E-state index in [1.165, 1.54) is 19.1 Å². The fourth-order valence-electron chi connectivity index (χ4n) is 2.59. The number of ether oxygens (including phenoxy) is 3. The van der Waals surface area contributed by atoms with Crippen molar-refractivity contribution in [1.82, 2.24) is 15.1 Å². The number of amides is 2. The molecule has 0 aliphatic carbocycles. The third kappa shape index (κ3) is 6.36. The number of hydrogen-bond acceptors (Lipinski definition) is 7. The lowest BCUT2D eigenvalue weighted by Gasteiger charge is -2.29. The van der Waals surface area contributed by atoms with Crippen LogP contribution in [0.4, 0.5) is 9.59 Å². The predicted octanol–water partition coefficient (Wildman–Crippen LogP) is 1.42. The molecule has 9 nitrogen and oxygen atoms in total. The Kier molecular flexibility index (Phi) is 7.68. The number of carbonyl (C=O) groups is 3. The lowest BCUT2D eigenvalue weighted by molar-refractivity contribution is -0.145. The number of nitrogens with one attached hydrogen (secondary N) is 1. The van der Waals surface area contributed by atoms with Crippen LogP contribution in [0, 0.1) is 5.92 Å². The van der Waals surface area contributed by atoms with Crippen molar-refractivity contribution in [1.29, 1.82) is 0 Å². The smallest absolute Gasteiger partial charge is 0.411 e. The Morgan fingerprint density at radius 2 is 1.77 bits per heavy atom. The van der Waals surface area contributed by atoms with Gasteiger partial charge in [-0.1, -0.05) is 13.8 Å². The number of nitrogens with zero attached hydrogens (tertiary/aromatic N) is 2. The first-order chi connectivity index (χ1) is 12.0. The molecule has 0 aromatic heterocycles. The molecule has 1 N–H and O–H groups in total. The normalized spacial score (nSPS) is 19.2. The summed E-state index contributed by atoms with van der Waals surface area (Å²) in [5, 5.41) is 2.76. The largest absolute Gasteiger partial charge is 0.468 e. The number of hydrogen-bond donors (Lipinski definition) is 1. The molecule has 1 aliphatic heterocycles. The highest BCUT2D eigenvalue weighted by atomic mass is 16.6. The molecule has 26 heavy (non-hydrogen) atoms. The van der Waals surface area contributed by atoms with Crippen LogP contribution in [-0.2, 0) is 19.0 Å². The number of esters is 1. The summed E-state index contributed by atoms with van der Waals surface area (Å²) in [6.45, 7) is 10.0. The Hall–Kier alpha value is -2.03.